The van der Waals surface area contributed by atoms with Crippen LogP contribution in [-0.4, -0.2) is 24.6 Å². The molecule has 0 saturated heterocycles. The zero-order valence-corrected chi connectivity index (χ0v) is 19.3. The first-order chi connectivity index (χ1) is 17.3. The zero-order valence-electron chi connectivity index (χ0n) is 19.3. The van der Waals surface area contributed by atoms with Gasteiger partial charge in [0.05, 0.1) is 11.1 Å². The number of para-hydroxylation sites is 3. The van der Waals surface area contributed by atoms with Gasteiger partial charge in [0.15, 0.2) is 17.1 Å². The molecule has 1 heterocycles. The Morgan fingerprint density at radius 1 is 0.944 bits per heavy atom. The highest BCUT2D eigenvalue weighted by Gasteiger charge is 2.24. The maximum absolute atomic E-state index is 13.0. The number of alkyl halides is 2. The van der Waals surface area contributed by atoms with Crippen LogP contribution in [0.15, 0.2) is 82.0 Å². The molecular formula is C27H21F2NO6. The molecule has 9 heteroatoms. The summed E-state index contributed by atoms with van der Waals surface area (Å²) in [5.74, 6) is -1.59. The van der Waals surface area contributed by atoms with E-state index < -0.39 is 24.6 Å². The molecule has 7 nitrogen and oxygen atoms in total. The molecule has 36 heavy (non-hydrogen) atoms. The van der Waals surface area contributed by atoms with Crippen LogP contribution in [0.25, 0.3) is 22.3 Å². The van der Waals surface area contributed by atoms with E-state index in [9.17, 15) is 23.2 Å². The standard InChI is InChI=1S/C27H21F2NO6/c1-15-22(31)18-11-8-12-19(24(18)36-23(15)17-9-4-3-5-10-17)26(33)34-16(2)25(32)30-20-13-6-7-14-21(20)35-27(28)29/h3-14,16,27H,1-2H3,(H,30,32). The summed E-state index contributed by atoms with van der Waals surface area (Å²) in [6.45, 7) is -0.116. The fourth-order valence-corrected chi connectivity index (χ4v) is 3.62. The van der Waals surface area contributed by atoms with Gasteiger partial charge in [0.2, 0.25) is 0 Å². The average Bonchev–Trinajstić information content (AvgIpc) is 2.87. The SMILES string of the molecule is Cc1c(-c2ccccc2)oc2c(C(=O)OC(C)C(=O)Nc3ccccc3OC(F)F)cccc2c1=O. The first-order valence-corrected chi connectivity index (χ1v) is 10.9. The molecule has 0 fully saturated rings. The van der Waals surface area contributed by atoms with E-state index >= 15 is 0 Å². The number of amides is 1. The lowest BCUT2D eigenvalue weighted by Gasteiger charge is -2.16. The van der Waals surface area contributed by atoms with Crippen LogP contribution in [0.4, 0.5) is 14.5 Å². The summed E-state index contributed by atoms with van der Waals surface area (Å²) in [6.07, 6.45) is -1.31. The number of fused-ring (bicyclic) bond motifs is 1. The topological polar surface area (TPSA) is 94.8 Å². The number of rotatable bonds is 7. The molecule has 0 aliphatic heterocycles. The molecule has 0 aliphatic carbocycles. The van der Waals surface area contributed by atoms with Gasteiger partial charge in [-0.3, -0.25) is 9.59 Å². The molecule has 1 amide bonds. The van der Waals surface area contributed by atoms with E-state index in [0.717, 1.165) is 0 Å². The van der Waals surface area contributed by atoms with E-state index in [0.29, 0.717) is 16.9 Å². The van der Waals surface area contributed by atoms with Gasteiger partial charge in [-0.2, -0.15) is 8.78 Å². The number of benzene rings is 3. The second kappa shape index (κ2) is 10.4. The molecule has 4 aromatic rings. The molecule has 4 rings (SSSR count). The van der Waals surface area contributed by atoms with Crippen molar-refractivity contribution in [3.63, 3.8) is 0 Å². The molecule has 1 N–H and O–H groups in total. The van der Waals surface area contributed by atoms with Crippen LogP contribution in [0.2, 0.25) is 0 Å². The Labute approximate surface area is 204 Å². The Kier molecular flexibility index (Phi) is 7.10. The van der Waals surface area contributed by atoms with Gasteiger partial charge in [0, 0.05) is 11.1 Å². The van der Waals surface area contributed by atoms with Crippen molar-refractivity contribution >= 4 is 28.5 Å². The first kappa shape index (κ1) is 24.6. The Morgan fingerprint density at radius 3 is 2.36 bits per heavy atom. The summed E-state index contributed by atoms with van der Waals surface area (Å²) in [6, 6.07) is 19.1. The first-order valence-electron chi connectivity index (χ1n) is 10.9. The van der Waals surface area contributed by atoms with Crippen molar-refractivity contribution < 1.29 is 32.3 Å². The Balaban J connectivity index is 1.61. The predicted molar refractivity (Wildman–Crippen MR) is 129 cm³/mol. The van der Waals surface area contributed by atoms with Crippen molar-refractivity contribution in [3.05, 3.63) is 94.1 Å². The van der Waals surface area contributed by atoms with Crippen molar-refractivity contribution in [2.75, 3.05) is 5.32 Å². The summed E-state index contributed by atoms with van der Waals surface area (Å²) >= 11 is 0. The summed E-state index contributed by atoms with van der Waals surface area (Å²) < 4.78 is 41.0. The zero-order chi connectivity index (χ0) is 25.8. The van der Waals surface area contributed by atoms with E-state index in [1.165, 1.54) is 49.4 Å². The van der Waals surface area contributed by atoms with Gasteiger partial charge in [0.25, 0.3) is 5.91 Å². The van der Waals surface area contributed by atoms with E-state index in [2.05, 4.69) is 10.1 Å². The van der Waals surface area contributed by atoms with E-state index in [-0.39, 0.29) is 33.4 Å². The molecule has 0 saturated carbocycles. The van der Waals surface area contributed by atoms with Crippen molar-refractivity contribution in [2.45, 2.75) is 26.6 Å². The molecule has 184 valence electrons. The third-order valence-electron chi connectivity index (χ3n) is 5.41. The fraction of sp³-hybridized carbons (Fsp3) is 0.148. The van der Waals surface area contributed by atoms with Crippen LogP contribution < -0.4 is 15.5 Å². The van der Waals surface area contributed by atoms with Gasteiger partial charge >= 0.3 is 12.6 Å². The van der Waals surface area contributed by atoms with E-state index in [1.807, 2.05) is 6.07 Å². The monoisotopic (exact) mass is 493 g/mol. The lowest BCUT2D eigenvalue weighted by Crippen LogP contribution is -2.30. The Bertz CT molecular complexity index is 1480. The van der Waals surface area contributed by atoms with Crippen LogP contribution in [-0.2, 0) is 9.53 Å². The van der Waals surface area contributed by atoms with Crippen LogP contribution in [0.1, 0.15) is 22.8 Å². The molecule has 0 spiro atoms. The van der Waals surface area contributed by atoms with Crippen molar-refractivity contribution in [1.82, 2.24) is 0 Å². The smallest absolute Gasteiger partial charge is 0.387 e. The van der Waals surface area contributed by atoms with Crippen molar-refractivity contribution in [2.24, 2.45) is 0 Å². The maximum Gasteiger partial charge on any atom is 0.387 e. The number of hydrogen-bond acceptors (Lipinski definition) is 6. The number of esters is 1. The highest BCUT2D eigenvalue weighted by Crippen LogP contribution is 2.28. The number of hydrogen-bond donors (Lipinski definition) is 1. The quantitative estimate of drug-likeness (QED) is 0.339. The number of carbonyl (C=O) groups is 2. The second-order valence-electron chi connectivity index (χ2n) is 7.85. The number of anilines is 1. The lowest BCUT2D eigenvalue weighted by atomic mass is 10.0. The molecular weight excluding hydrogens is 472 g/mol. The highest BCUT2D eigenvalue weighted by atomic mass is 19.3. The summed E-state index contributed by atoms with van der Waals surface area (Å²) in [5, 5.41) is 2.60. The van der Waals surface area contributed by atoms with Gasteiger partial charge in [-0.05, 0) is 38.1 Å². The third kappa shape index (κ3) is 5.10. The van der Waals surface area contributed by atoms with Gasteiger partial charge in [0.1, 0.15) is 17.1 Å². The van der Waals surface area contributed by atoms with Gasteiger partial charge in [-0.25, -0.2) is 4.79 Å². The number of carbonyl (C=O) groups excluding carboxylic acids is 2. The minimum absolute atomic E-state index is 0.00941. The molecule has 0 bridgehead atoms. The second-order valence-corrected chi connectivity index (χ2v) is 7.85. The minimum atomic E-state index is -3.08. The molecule has 1 unspecified atom stereocenters. The molecule has 1 aromatic heterocycles. The number of nitrogens with one attached hydrogen (secondary N) is 1. The number of halogens is 2. The van der Waals surface area contributed by atoms with Crippen LogP contribution in [0, 0.1) is 6.92 Å². The fourth-order valence-electron chi connectivity index (χ4n) is 3.62. The van der Waals surface area contributed by atoms with Crippen molar-refractivity contribution in [3.8, 4) is 17.1 Å². The van der Waals surface area contributed by atoms with Crippen LogP contribution in [0.3, 0.4) is 0 Å². The van der Waals surface area contributed by atoms with Gasteiger partial charge < -0.3 is 19.2 Å². The Morgan fingerprint density at radius 2 is 1.64 bits per heavy atom. The van der Waals surface area contributed by atoms with E-state index in [4.69, 9.17) is 9.15 Å². The molecule has 0 radical (unpaired) electrons. The summed E-state index contributed by atoms with van der Waals surface area (Å²) in [5.41, 5.74) is 0.727. The normalized spacial score (nSPS) is 11.8. The summed E-state index contributed by atoms with van der Waals surface area (Å²) in [4.78, 5) is 38.6. The van der Waals surface area contributed by atoms with Crippen LogP contribution >= 0.6 is 0 Å². The lowest BCUT2D eigenvalue weighted by molar-refractivity contribution is -0.123. The highest BCUT2D eigenvalue weighted by molar-refractivity contribution is 6.04. The molecule has 3 aromatic carbocycles. The van der Waals surface area contributed by atoms with E-state index in [1.54, 1.807) is 31.2 Å². The summed E-state index contributed by atoms with van der Waals surface area (Å²) in [7, 11) is 0. The predicted octanol–water partition coefficient (Wildman–Crippen LogP) is 5.55. The largest absolute Gasteiger partial charge is 0.455 e. The van der Waals surface area contributed by atoms with Gasteiger partial charge in [-0.15, -0.1) is 0 Å². The molecule has 0 aliphatic rings. The minimum Gasteiger partial charge on any atom is -0.455 e. The molecule has 1 atom stereocenters. The van der Waals surface area contributed by atoms with Crippen LogP contribution in [0.5, 0.6) is 5.75 Å². The van der Waals surface area contributed by atoms with Gasteiger partial charge in [-0.1, -0.05) is 48.5 Å². The van der Waals surface area contributed by atoms with Crippen molar-refractivity contribution in [1.29, 1.82) is 0 Å². The average molecular weight is 493 g/mol. The third-order valence-corrected chi connectivity index (χ3v) is 5.41. The Hall–Kier alpha value is -4.53. The maximum atomic E-state index is 13.0. The number of ether oxygens (including phenoxy) is 2.